The lowest BCUT2D eigenvalue weighted by molar-refractivity contribution is 0.0947. The van der Waals surface area contributed by atoms with Crippen molar-refractivity contribution in [2.24, 2.45) is 0 Å². The van der Waals surface area contributed by atoms with Gasteiger partial charge in [0, 0.05) is 30.4 Å². The second-order valence-electron chi connectivity index (χ2n) is 5.27. The van der Waals surface area contributed by atoms with Gasteiger partial charge in [-0.3, -0.25) is 14.4 Å². The first kappa shape index (κ1) is 17.3. The number of nitrogens with one attached hydrogen (secondary N) is 3. The predicted molar refractivity (Wildman–Crippen MR) is 88.2 cm³/mol. The number of aromatic amines is 1. The van der Waals surface area contributed by atoms with Gasteiger partial charge in [-0.15, -0.1) is 0 Å². The van der Waals surface area contributed by atoms with Gasteiger partial charge in [-0.25, -0.2) is 0 Å². The summed E-state index contributed by atoms with van der Waals surface area (Å²) in [5.74, 6) is -0.666. The number of phenols is 1. The highest BCUT2D eigenvalue weighted by molar-refractivity contribution is 5.99. The van der Waals surface area contributed by atoms with Crippen molar-refractivity contribution in [2.75, 3.05) is 13.1 Å². The summed E-state index contributed by atoms with van der Waals surface area (Å²) in [6.07, 6.45) is 2.04. The maximum atomic E-state index is 11.9. The zero-order valence-electron chi connectivity index (χ0n) is 13.3. The Hall–Kier alpha value is -3.09. The molecule has 2 rings (SSSR count). The molecule has 0 radical (unpaired) electrons. The van der Waals surface area contributed by atoms with E-state index >= 15 is 0 Å². The maximum Gasteiger partial charge on any atom is 0.267 e. The van der Waals surface area contributed by atoms with Crippen LogP contribution in [0.1, 0.15) is 44.5 Å². The van der Waals surface area contributed by atoms with Crippen LogP contribution in [0.4, 0.5) is 0 Å². The van der Waals surface area contributed by atoms with E-state index in [-0.39, 0.29) is 23.3 Å². The first-order valence-corrected chi connectivity index (χ1v) is 7.52. The molecular weight excluding hydrogens is 310 g/mol. The predicted octanol–water partition coefficient (Wildman–Crippen LogP) is 1.47. The number of H-pyrrole nitrogens is 1. The van der Waals surface area contributed by atoms with E-state index < -0.39 is 0 Å². The number of phenolic OH excluding ortho intramolecular Hbond substituents is 1. The van der Waals surface area contributed by atoms with Crippen molar-refractivity contribution in [3.05, 3.63) is 53.3 Å². The van der Waals surface area contributed by atoms with Gasteiger partial charge < -0.3 is 20.7 Å². The highest BCUT2D eigenvalue weighted by Crippen LogP contribution is 2.10. The summed E-state index contributed by atoms with van der Waals surface area (Å²) in [4.78, 5) is 37.6. The van der Waals surface area contributed by atoms with Crippen LogP contribution in [0.25, 0.3) is 0 Å². The maximum absolute atomic E-state index is 11.9. The third kappa shape index (κ3) is 4.70. The third-order valence-electron chi connectivity index (χ3n) is 3.37. The second kappa shape index (κ2) is 7.96. The van der Waals surface area contributed by atoms with E-state index in [0.29, 0.717) is 36.3 Å². The van der Waals surface area contributed by atoms with Gasteiger partial charge in [0.1, 0.15) is 11.4 Å². The van der Waals surface area contributed by atoms with Gasteiger partial charge in [0.2, 0.25) is 0 Å². The average molecular weight is 329 g/mol. The number of Topliss-reactive ketones (excluding diaryl/α,β-unsaturated/α-hetero) is 1. The molecule has 1 heterocycles. The minimum Gasteiger partial charge on any atom is -0.508 e. The highest BCUT2D eigenvalue weighted by Gasteiger charge is 2.10. The van der Waals surface area contributed by atoms with Crippen molar-refractivity contribution in [3.8, 4) is 5.75 Å². The Morgan fingerprint density at radius 1 is 1.04 bits per heavy atom. The van der Waals surface area contributed by atoms with Crippen LogP contribution in [0.5, 0.6) is 5.75 Å². The Kier molecular flexibility index (Phi) is 5.73. The van der Waals surface area contributed by atoms with Crippen LogP contribution in [0.3, 0.4) is 0 Å². The monoisotopic (exact) mass is 329 g/mol. The van der Waals surface area contributed by atoms with E-state index in [0.717, 1.165) is 0 Å². The molecule has 0 saturated carbocycles. The smallest absolute Gasteiger partial charge is 0.267 e. The first-order chi connectivity index (χ1) is 11.5. The summed E-state index contributed by atoms with van der Waals surface area (Å²) in [6, 6.07) is 7.57. The number of aromatic nitrogens is 1. The number of hydrogen-bond acceptors (Lipinski definition) is 4. The second-order valence-corrected chi connectivity index (χ2v) is 5.27. The van der Waals surface area contributed by atoms with E-state index in [4.69, 9.17) is 0 Å². The zero-order valence-corrected chi connectivity index (χ0v) is 13.3. The van der Waals surface area contributed by atoms with Gasteiger partial charge in [0.15, 0.2) is 5.78 Å². The molecule has 4 N–H and O–H groups in total. The molecule has 0 unspecified atom stereocenters. The van der Waals surface area contributed by atoms with E-state index in [1.165, 1.54) is 31.3 Å². The fourth-order valence-electron chi connectivity index (χ4n) is 2.07. The van der Waals surface area contributed by atoms with Crippen molar-refractivity contribution < 1.29 is 19.5 Å². The third-order valence-corrected chi connectivity index (χ3v) is 3.37. The van der Waals surface area contributed by atoms with E-state index in [2.05, 4.69) is 15.6 Å². The topological polar surface area (TPSA) is 111 Å². The Balaban J connectivity index is 1.70. The SMILES string of the molecule is CC(=O)c1c[nH]c(C(=O)NCCCNC(=O)c2cccc(O)c2)c1. The van der Waals surface area contributed by atoms with Crippen LogP contribution in [0.15, 0.2) is 36.5 Å². The Morgan fingerprint density at radius 2 is 1.75 bits per heavy atom. The molecule has 7 nitrogen and oxygen atoms in total. The molecule has 2 amide bonds. The Morgan fingerprint density at radius 3 is 2.38 bits per heavy atom. The molecule has 2 aromatic rings. The minimum absolute atomic E-state index is 0.0331. The summed E-state index contributed by atoms with van der Waals surface area (Å²) in [6.45, 7) is 2.20. The standard InChI is InChI=1S/C17H19N3O4/c1-11(21)13-9-15(20-10-13)17(24)19-7-3-6-18-16(23)12-4-2-5-14(22)8-12/h2,4-5,8-10,20,22H,3,6-7H2,1H3,(H,18,23)(H,19,24). The average Bonchev–Trinajstić information content (AvgIpc) is 3.04. The molecule has 0 aliphatic heterocycles. The molecule has 7 heteroatoms. The van der Waals surface area contributed by atoms with Gasteiger partial charge in [0.05, 0.1) is 0 Å². The molecule has 1 aromatic carbocycles. The van der Waals surface area contributed by atoms with Crippen molar-refractivity contribution in [1.82, 2.24) is 15.6 Å². The van der Waals surface area contributed by atoms with Crippen LogP contribution in [-0.4, -0.2) is 40.8 Å². The van der Waals surface area contributed by atoms with Gasteiger partial charge in [-0.2, -0.15) is 0 Å². The quantitative estimate of drug-likeness (QED) is 0.455. The number of carbonyl (C=O) groups excluding carboxylic acids is 3. The van der Waals surface area contributed by atoms with Crippen molar-refractivity contribution >= 4 is 17.6 Å². The number of ketones is 1. The molecule has 0 atom stereocenters. The summed E-state index contributed by atoms with van der Waals surface area (Å²) in [7, 11) is 0. The van der Waals surface area contributed by atoms with E-state index in [1.807, 2.05) is 0 Å². The van der Waals surface area contributed by atoms with Gasteiger partial charge >= 0.3 is 0 Å². The van der Waals surface area contributed by atoms with Crippen LogP contribution >= 0.6 is 0 Å². The van der Waals surface area contributed by atoms with Crippen LogP contribution in [-0.2, 0) is 0 Å². The van der Waals surface area contributed by atoms with E-state index in [9.17, 15) is 19.5 Å². The van der Waals surface area contributed by atoms with Crippen molar-refractivity contribution in [1.29, 1.82) is 0 Å². The summed E-state index contributed by atoms with van der Waals surface area (Å²) in [5.41, 5.74) is 1.16. The van der Waals surface area contributed by atoms with E-state index in [1.54, 1.807) is 12.1 Å². The normalized spacial score (nSPS) is 10.2. The molecule has 0 aliphatic carbocycles. The molecule has 0 spiro atoms. The lowest BCUT2D eigenvalue weighted by Gasteiger charge is -2.06. The molecule has 0 bridgehead atoms. The van der Waals surface area contributed by atoms with Crippen LogP contribution < -0.4 is 10.6 Å². The van der Waals surface area contributed by atoms with Gasteiger partial charge in [0.25, 0.3) is 11.8 Å². The van der Waals surface area contributed by atoms with Crippen LogP contribution in [0, 0.1) is 0 Å². The van der Waals surface area contributed by atoms with Crippen molar-refractivity contribution in [2.45, 2.75) is 13.3 Å². The molecule has 0 aliphatic rings. The summed E-state index contributed by atoms with van der Waals surface area (Å²) < 4.78 is 0. The highest BCUT2D eigenvalue weighted by atomic mass is 16.3. The molecule has 0 saturated heterocycles. The molecule has 1 aromatic heterocycles. The molecular formula is C17H19N3O4. The Bertz CT molecular complexity index is 752. The molecule has 24 heavy (non-hydrogen) atoms. The largest absolute Gasteiger partial charge is 0.508 e. The number of amides is 2. The number of hydrogen-bond donors (Lipinski definition) is 4. The van der Waals surface area contributed by atoms with Gasteiger partial charge in [-0.1, -0.05) is 6.07 Å². The Labute approximate surface area is 139 Å². The molecule has 0 fully saturated rings. The zero-order chi connectivity index (χ0) is 17.5. The number of aromatic hydroxyl groups is 1. The summed E-state index contributed by atoms with van der Waals surface area (Å²) in [5, 5.41) is 14.7. The lowest BCUT2D eigenvalue weighted by Crippen LogP contribution is -2.30. The number of rotatable bonds is 7. The van der Waals surface area contributed by atoms with Crippen LogP contribution in [0.2, 0.25) is 0 Å². The first-order valence-electron chi connectivity index (χ1n) is 7.52. The molecule has 126 valence electrons. The summed E-state index contributed by atoms with van der Waals surface area (Å²) >= 11 is 0. The fraction of sp³-hybridized carbons (Fsp3) is 0.235. The van der Waals surface area contributed by atoms with Gasteiger partial charge in [-0.05, 0) is 37.6 Å². The number of benzene rings is 1. The minimum atomic E-state index is -0.304. The number of carbonyl (C=O) groups is 3. The fourth-order valence-corrected chi connectivity index (χ4v) is 2.07. The van der Waals surface area contributed by atoms with Crippen molar-refractivity contribution in [3.63, 3.8) is 0 Å². The lowest BCUT2D eigenvalue weighted by atomic mass is 10.2.